The lowest BCUT2D eigenvalue weighted by Gasteiger charge is -2.33. The van der Waals surface area contributed by atoms with Crippen molar-refractivity contribution in [3.63, 3.8) is 0 Å². The molecule has 1 N–H and O–H groups in total. The Morgan fingerprint density at radius 1 is 1.03 bits per heavy atom. The molecule has 0 radical (unpaired) electrons. The van der Waals surface area contributed by atoms with Gasteiger partial charge in [0.1, 0.15) is 5.82 Å². The first-order valence-electron chi connectivity index (χ1n) is 10.5. The van der Waals surface area contributed by atoms with Crippen LogP contribution in [0.5, 0.6) is 0 Å². The molecule has 9 heteroatoms. The Morgan fingerprint density at radius 3 is 2.66 bits per heavy atom. The molecule has 1 aromatic carbocycles. The van der Waals surface area contributed by atoms with E-state index >= 15 is 0 Å². The molecule has 3 aromatic heterocycles. The number of aryl methyl sites for hydroxylation is 1. The van der Waals surface area contributed by atoms with Crippen molar-refractivity contribution < 1.29 is 9.21 Å². The van der Waals surface area contributed by atoms with Gasteiger partial charge in [-0.1, -0.05) is 0 Å². The highest BCUT2D eigenvalue weighted by molar-refractivity contribution is 6.04. The fourth-order valence-corrected chi connectivity index (χ4v) is 3.71. The van der Waals surface area contributed by atoms with Gasteiger partial charge in [0.15, 0.2) is 17.5 Å². The van der Waals surface area contributed by atoms with Crippen molar-refractivity contribution in [3.05, 3.63) is 60.2 Å². The Bertz CT molecular complexity index is 1280. The largest absolute Gasteiger partial charge is 0.441 e. The number of nitrogens with one attached hydrogen (secondary N) is 1. The van der Waals surface area contributed by atoms with Crippen molar-refractivity contribution in [2.45, 2.75) is 6.92 Å². The van der Waals surface area contributed by atoms with E-state index < -0.39 is 0 Å². The normalized spacial score (nSPS) is 14.6. The zero-order chi connectivity index (χ0) is 22.1. The number of amides is 1. The number of aromatic nitrogens is 4. The lowest BCUT2D eigenvalue weighted by Crippen LogP contribution is -2.44. The first kappa shape index (κ1) is 20.1. The third kappa shape index (κ3) is 4.15. The number of hydrogen-bond acceptors (Lipinski definition) is 8. The SMILES string of the molecule is Cc1ncc(-c2ccc3nnc(NC(=O)c4ccnc(N5CCN(C)CC5)c4)cc3c2)o1. The van der Waals surface area contributed by atoms with Crippen molar-refractivity contribution in [1.29, 1.82) is 0 Å². The van der Waals surface area contributed by atoms with E-state index in [-0.39, 0.29) is 5.91 Å². The quantitative estimate of drug-likeness (QED) is 0.528. The van der Waals surface area contributed by atoms with Gasteiger partial charge < -0.3 is 19.5 Å². The van der Waals surface area contributed by atoms with Crippen molar-refractivity contribution in [2.24, 2.45) is 0 Å². The molecule has 32 heavy (non-hydrogen) atoms. The number of hydrogen-bond donors (Lipinski definition) is 1. The molecule has 1 aliphatic rings. The Labute approximate surface area is 185 Å². The molecule has 4 aromatic rings. The number of nitrogens with zero attached hydrogens (tertiary/aromatic N) is 6. The van der Waals surface area contributed by atoms with Gasteiger partial charge in [-0.05, 0) is 43.4 Å². The van der Waals surface area contributed by atoms with Crippen molar-refractivity contribution in [1.82, 2.24) is 25.1 Å². The summed E-state index contributed by atoms with van der Waals surface area (Å²) in [6.45, 7) is 5.52. The van der Waals surface area contributed by atoms with Gasteiger partial charge in [-0.15, -0.1) is 10.2 Å². The molecule has 1 aliphatic heterocycles. The van der Waals surface area contributed by atoms with E-state index in [0.717, 1.165) is 48.5 Å². The molecule has 5 rings (SSSR count). The van der Waals surface area contributed by atoms with E-state index in [2.05, 4.69) is 42.3 Å². The Morgan fingerprint density at radius 2 is 1.88 bits per heavy atom. The summed E-state index contributed by atoms with van der Waals surface area (Å²) in [5.74, 6) is 2.22. The predicted molar refractivity (Wildman–Crippen MR) is 122 cm³/mol. The maximum atomic E-state index is 12.9. The molecular formula is C23H23N7O2. The van der Waals surface area contributed by atoms with Crippen LogP contribution in [0, 0.1) is 6.92 Å². The van der Waals surface area contributed by atoms with Gasteiger partial charge >= 0.3 is 0 Å². The number of fused-ring (bicyclic) bond motifs is 1. The van der Waals surface area contributed by atoms with E-state index in [1.165, 1.54) is 0 Å². The number of rotatable bonds is 4. The van der Waals surface area contributed by atoms with Crippen LogP contribution in [0.4, 0.5) is 11.6 Å². The monoisotopic (exact) mass is 429 g/mol. The number of likely N-dealkylation sites (N-methyl/N-ethyl adjacent to an activating group) is 1. The van der Waals surface area contributed by atoms with Gasteiger partial charge in [0.2, 0.25) is 0 Å². The maximum Gasteiger partial charge on any atom is 0.257 e. The van der Waals surface area contributed by atoms with E-state index in [9.17, 15) is 4.79 Å². The summed E-state index contributed by atoms with van der Waals surface area (Å²) < 4.78 is 5.61. The van der Waals surface area contributed by atoms with E-state index in [4.69, 9.17) is 4.42 Å². The summed E-state index contributed by atoms with van der Waals surface area (Å²) >= 11 is 0. The number of piperazine rings is 1. The second kappa shape index (κ2) is 8.35. The van der Waals surface area contributed by atoms with Crippen LogP contribution in [0.15, 0.2) is 53.2 Å². The van der Waals surface area contributed by atoms with Crippen LogP contribution in [0.25, 0.3) is 22.2 Å². The molecule has 0 spiro atoms. The van der Waals surface area contributed by atoms with E-state index in [0.29, 0.717) is 23.0 Å². The molecule has 162 valence electrons. The molecule has 9 nitrogen and oxygen atoms in total. The first-order valence-corrected chi connectivity index (χ1v) is 10.5. The molecule has 1 fully saturated rings. The third-order valence-corrected chi connectivity index (χ3v) is 5.57. The number of oxazole rings is 1. The van der Waals surface area contributed by atoms with Crippen molar-refractivity contribution in [3.8, 4) is 11.3 Å². The fraction of sp³-hybridized carbons (Fsp3) is 0.261. The summed E-state index contributed by atoms with van der Waals surface area (Å²) in [6, 6.07) is 11.0. The molecule has 0 saturated carbocycles. The van der Waals surface area contributed by atoms with E-state index in [1.807, 2.05) is 24.3 Å². The smallest absolute Gasteiger partial charge is 0.257 e. The molecule has 0 bridgehead atoms. The second-order valence-electron chi connectivity index (χ2n) is 7.89. The Kier molecular flexibility index (Phi) is 5.24. The maximum absolute atomic E-state index is 12.9. The molecule has 1 amide bonds. The summed E-state index contributed by atoms with van der Waals surface area (Å²) in [7, 11) is 2.11. The highest BCUT2D eigenvalue weighted by Gasteiger charge is 2.17. The molecule has 4 heterocycles. The zero-order valence-electron chi connectivity index (χ0n) is 17.9. The van der Waals surface area contributed by atoms with Crippen molar-refractivity contribution in [2.75, 3.05) is 43.4 Å². The highest BCUT2D eigenvalue weighted by atomic mass is 16.4. The number of benzene rings is 1. The molecular weight excluding hydrogens is 406 g/mol. The average Bonchev–Trinajstić information content (AvgIpc) is 3.25. The van der Waals surface area contributed by atoms with Crippen molar-refractivity contribution >= 4 is 28.4 Å². The van der Waals surface area contributed by atoms with Gasteiger partial charge in [0.25, 0.3) is 5.91 Å². The minimum absolute atomic E-state index is 0.251. The topological polar surface area (TPSA) is 100 Å². The second-order valence-corrected chi connectivity index (χ2v) is 7.89. The van der Waals surface area contributed by atoms with Crippen LogP contribution in [0.1, 0.15) is 16.2 Å². The number of anilines is 2. The number of pyridine rings is 1. The summed E-state index contributed by atoms with van der Waals surface area (Å²) in [5.41, 5.74) is 2.14. The summed E-state index contributed by atoms with van der Waals surface area (Å²) in [6.07, 6.45) is 3.36. The zero-order valence-corrected chi connectivity index (χ0v) is 17.9. The highest BCUT2D eigenvalue weighted by Crippen LogP contribution is 2.25. The lowest BCUT2D eigenvalue weighted by atomic mass is 10.1. The summed E-state index contributed by atoms with van der Waals surface area (Å²) in [4.78, 5) is 25.9. The lowest BCUT2D eigenvalue weighted by molar-refractivity contribution is 0.102. The third-order valence-electron chi connectivity index (χ3n) is 5.57. The standard InChI is InChI=1S/C23H23N7O2/c1-15-25-14-20(32-15)16-3-4-19-18(11-16)12-21(28-27-19)26-23(31)17-5-6-24-22(13-17)30-9-7-29(2)8-10-30/h3-6,11-14H,7-10H2,1-2H3,(H,26,28,31). The van der Waals surface area contributed by atoms with Crippen LogP contribution in [0.2, 0.25) is 0 Å². The van der Waals surface area contributed by atoms with E-state index in [1.54, 1.807) is 31.5 Å². The van der Waals surface area contributed by atoms with Gasteiger partial charge in [-0.25, -0.2) is 9.97 Å². The van der Waals surface area contributed by atoms with Crippen LogP contribution in [-0.4, -0.2) is 64.2 Å². The van der Waals surface area contributed by atoms with Crippen LogP contribution < -0.4 is 10.2 Å². The average molecular weight is 429 g/mol. The van der Waals surface area contributed by atoms with Crippen LogP contribution >= 0.6 is 0 Å². The van der Waals surface area contributed by atoms with Crippen LogP contribution in [0.3, 0.4) is 0 Å². The number of carbonyl (C=O) groups excluding carboxylic acids is 1. The van der Waals surface area contributed by atoms with Gasteiger partial charge in [0, 0.05) is 55.8 Å². The molecule has 1 saturated heterocycles. The molecule has 0 atom stereocenters. The molecule has 0 aliphatic carbocycles. The van der Waals surface area contributed by atoms with Gasteiger partial charge in [0.05, 0.1) is 11.7 Å². The predicted octanol–water partition coefficient (Wildman–Crippen LogP) is 2.99. The minimum Gasteiger partial charge on any atom is -0.441 e. The van der Waals surface area contributed by atoms with Crippen LogP contribution in [-0.2, 0) is 0 Å². The first-order chi connectivity index (χ1) is 15.5. The fourth-order valence-electron chi connectivity index (χ4n) is 3.71. The van der Waals surface area contributed by atoms with Gasteiger partial charge in [-0.3, -0.25) is 4.79 Å². The van der Waals surface area contributed by atoms with Gasteiger partial charge in [-0.2, -0.15) is 0 Å². The molecule has 0 unspecified atom stereocenters. The number of carbonyl (C=O) groups is 1. The Balaban J connectivity index is 1.36. The summed E-state index contributed by atoms with van der Waals surface area (Å²) in [5, 5.41) is 12.1. The minimum atomic E-state index is -0.251. The Hall–Kier alpha value is -3.85.